The summed E-state index contributed by atoms with van der Waals surface area (Å²) < 4.78 is 0. The van der Waals surface area contributed by atoms with Gasteiger partial charge in [0.05, 0.1) is 0 Å². The van der Waals surface area contributed by atoms with Crippen LogP contribution >= 0.6 is 0 Å². The SMILES string of the molecule is C=C(O)c1cc(C)ccc1C. The van der Waals surface area contributed by atoms with E-state index in [1.165, 1.54) is 0 Å². The predicted molar refractivity (Wildman–Crippen MR) is 47.6 cm³/mol. The van der Waals surface area contributed by atoms with Crippen LogP contribution in [-0.4, -0.2) is 5.11 Å². The molecule has 0 fully saturated rings. The van der Waals surface area contributed by atoms with Crippen molar-refractivity contribution in [1.82, 2.24) is 0 Å². The second-order valence-electron chi connectivity index (χ2n) is 2.77. The van der Waals surface area contributed by atoms with Gasteiger partial charge >= 0.3 is 0 Å². The van der Waals surface area contributed by atoms with Gasteiger partial charge in [0, 0.05) is 5.56 Å². The molecule has 0 heterocycles. The van der Waals surface area contributed by atoms with E-state index in [9.17, 15) is 0 Å². The van der Waals surface area contributed by atoms with E-state index in [-0.39, 0.29) is 5.76 Å². The number of rotatable bonds is 1. The molecule has 0 aliphatic carbocycles. The Bertz CT molecular complexity index is 287. The van der Waals surface area contributed by atoms with E-state index < -0.39 is 0 Å². The van der Waals surface area contributed by atoms with Gasteiger partial charge in [0.25, 0.3) is 0 Å². The van der Waals surface area contributed by atoms with Crippen molar-refractivity contribution in [1.29, 1.82) is 0 Å². The molecule has 1 N–H and O–H groups in total. The van der Waals surface area contributed by atoms with Crippen LogP contribution in [0.2, 0.25) is 0 Å². The lowest BCUT2D eigenvalue weighted by Crippen LogP contribution is -1.87. The number of benzene rings is 1. The van der Waals surface area contributed by atoms with Crippen molar-refractivity contribution in [3.63, 3.8) is 0 Å². The van der Waals surface area contributed by atoms with E-state index in [0.29, 0.717) is 0 Å². The Labute approximate surface area is 67.0 Å². The monoisotopic (exact) mass is 148 g/mol. The van der Waals surface area contributed by atoms with Crippen LogP contribution in [0.25, 0.3) is 5.76 Å². The molecule has 0 aromatic heterocycles. The normalized spacial score (nSPS) is 9.64. The summed E-state index contributed by atoms with van der Waals surface area (Å²) in [7, 11) is 0. The Kier molecular flexibility index (Phi) is 1.99. The molecule has 0 saturated heterocycles. The smallest absolute Gasteiger partial charge is 0.115 e. The summed E-state index contributed by atoms with van der Waals surface area (Å²) in [5.74, 6) is 0.145. The Morgan fingerprint density at radius 3 is 2.45 bits per heavy atom. The molecule has 0 spiro atoms. The second kappa shape index (κ2) is 2.79. The van der Waals surface area contributed by atoms with Crippen LogP contribution in [0.5, 0.6) is 0 Å². The number of hydrogen-bond donors (Lipinski definition) is 1. The van der Waals surface area contributed by atoms with Gasteiger partial charge in [-0.05, 0) is 25.5 Å². The van der Waals surface area contributed by atoms with Gasteiger partial charge in [0.1, 0.15) is 5.76 Å². The molecule has 1 aromatic rings. The molecule has 1 rings (SSSR count). The van der Waals surface area contributed by atoms with Gasteiger partial charge in [0.2, 0.25) is 0 Å². The lowest BCUT2D eigenvalue weighted by Gasteiger charge is -2.03. The molecule has 0 radical (unpaired) electrons. The minimum Gasteiger partial charge on any atom is -0.508 e. The van der Waals surface area contributed by atoms with Crippen LogP contribution in [0.15, 0.2) is 24.8 Å². The van der Waals surface area contributed by atoms with Crippen LogP contribution in [0.1, 0.15) is 16.7 Å². The summed E-state index contributed by atoms with van der Waals surface area (Å²) in [6.07, 6.45) is 0. The van der Waals surface area contributed by atoms with Crippen molar-refractivity contribution in [2.45, 2.75) is 13.8 Å². The molecular formula is C10H12O. The highest BCUT2D eigenvalue weighted by Crippen LogP contribution is 2.16. The summed E-state index contributed by atoms with van der Waals surface area (Å²) in [6, 6.07) is 5.92. The summed E-state index contributed by atoms with van der Waals surface area (Å²) in [6.45, 7) is 7.43. The summed E-state index contributed by atoms with van der Waals surface area (Å²) >= 11 is 0. The maximum absolute atomic E-state index is 9.13. The lowest BCUT2D eigenvalue weighted by atomic mass is 10.1. The fourth-order valence-electron chi connectivity index (χ4n) is 1.05. The minimum absolute atomic E-state index is 0.145. The number of hydrogen-bond acceptors (Lipinski definition) is 1. The maximum atomic E-state index is 9.13. The fourth-order valence-corrected chi connectivity index (χ4v) is 1.05. The Morgan fingerprint density at radius 1 is 1.36 bits per heavy atom. The molecule has 0 atom stereocenters. The van der Waals surface area contributed by atoms with Crippen LogP contribution in [-0.2, 0) is 0 Å². The summed E-state index contributed by atoms with van der Waals surface area (Å²) in [5.41, 5.74) is 3.04. The third-order valence-electron chi connectivity index (χ3n) is 1.70. The standard InChI is InChI=1S/C10H12O/c1-7-4-5-8(2)10(6-7)9(3)11/h4-6,11H,3H2,1-2H3. The zero-order chi connectivity index (χ0) is 8.43. The molecule has 0 saturated carbocycles. The molecule has 0 aliphatic rings. The van der Waals surface area contributed by atoms with Crippen molar-refractivity contribution in [3.05, 3.63) is 41.5 Å². The largest absolute Gasteiger partial charge is 0.508 e. The highest BCUT2D eigenvalue weighted by molar-refractivity contribution is 5.60. The lowest BCUT2D eigenvalue weighted by molar-refractivity contribution is 0.513. The predicted octanol–water partition coefficient (Wildman–Crippen LogP) is 2.83. The van der Waals surface area contributed by atoms with E-state index >= 15 is 0 Å². The molecule has 0 unspecified atom stereocenters. The first-order valence-electron chi connectivity index (χ1n) is 3.57. The number of aliphatic hydroxyl groups is 1. The molecule has 1 nitrogen and oxygen atoms in total. The Hall–Kier alpha value is -1.24. The molecule has 1 heteroatoms. The average Bonchev–Trinajstić information content (AvgIpc) is 1.94. The minimum atomic E-state index is 0.145. The molecule has 0 aliphatic heterocycles. The van der Waals surface area contributed by atoms with E-state index in [4.69, 9.17) is 5.11 Å². The number of aryl methyl sites for hydroxylation is 2. The van der Waals surface area contributed by atoms with Gasteiger partial charge < -0.3 is 5.11 Å². The summed E-state index contributed by atoms with van der Waals surface area (Å²) in [4.78, 5) is 0. The molecular weight excluding hydrogens is 136 g/mol. The average molecular weight is 148 g/mol. The second-order valence-corrected chi connectivity index (χ2v) is 2.77. The van der Waals surface area contributed by atoms with Gasteiger partial charge in [-0.25, -0.2) is 0 Å². The zero-order valence-electron chi connectivity index (χ0n) is 6.89. The van der Waals surface area contributed by atoms with Gasteiger partial charge in [0.15, 0.2) is 0 Å². The van der Waals surface area contributed by atoms with Crippen LogP contribution < -0.4 is 0 Å². The maximum Gasteiger partial charge on any atom is 0.115 e. The van der Waals surface area contributed by atoms with Crippen LogP contribution in [0.3, 0.4) is 0 Å². The molecule has 0 amide bonds. The Morgan fingerprint density at radius 2 is 2.00 bits per heavy atom. The van der Waals surface area contributed by atoms with Crippen molar-refractivity contribution in [3.8, 4) is 0 Å². The topological polar surface area (TPSA) is 20.2 Å². The van der Waals surface area contributed by atoms with Gasteiger partial charge in [-0.15, -0.1) is 0 Å². The van der Waals surface area contributed by atoms with E-state index in [1.54, 1.807) is 0 Å². The highest BCUT2D eigenvalue weighted by atomic mass is 16.3. The zero-order valence-corrected chi connectivity index (χ0v) is 6.89. The molecule has 1 aromatic carbocycles. The third kappa shape index (κ3) is 1.61. The van der Waals surface area contributed by atoms with E-state index in [1.807, 2.05) is 32.0 Å². The number of aliphatic hydroxyl groups excluding tert-OH is 1. The van der Waals surface area contributed by atoms with E-state index in [2.05, 4.69) is 6.58 Å². The third-order valence-corrected chi connectivity index (χ3v) is 1.70. The first-order chi connectivity index (χ1) is 5.11. The Balaban J connectivity index is 3.23. The van der Waals surface area contributed by atoms with Gasteiger partial charge in [-0.3, -0.25) is 0 Å². The first-order valence-corrected chi connectivity index (χ1v) is 3.57. The van der Waals surface area contributed by atoms with Crippen LogP contribution in [0, 0.1) is 13.8 Å². The van der Waals surface area contributed by atoms with Crippen molar-refractivity contribution in [2.75, 3.05) is 0 Å². The van der Waals surface area contributed by atoms with Crippen molar-refractivity contribution >= 4 is 5.76 Å². The van der Waals surface area contributed by atoms with Gasteiger partial charge in [-0.2, -0.15) is 0 Å². The first kappa shape index (κ1) is 7.86. The molecule has 58 valence electrons. The fraction of sp³-hybridized carbons (Fsp3) is 0.200. The van der Waals surface area contributed by atoms with E-state index in [0.717, 1.165) is 16.7 Å². The summed E-state index contributed by atoms with van der Waals surface area (Å²) in [5, 5.41) is 9.13. The van der Waals surface area contributed by atoms with Crippen LogP contribution in [0.4, 0.5) is 0 Å². The van der Waals surface area contributed by atoms with Crippen molar-refractivity contribution < 1.29 is 5.11 Å². The molecule has 0 bridgehead atoms. The van der Waals surface area contributed by atoms with Gasteiger partial charge in [-0.1, -0.05) is 24.3 Å². The van der Waals surface area contributed by atoms with Crippen molar-refractivity contribution in [2.24, 2.45) is 0 Å². The highest BCUT2D eigenvalue weighted by Gasteiger charge is 1.99. The molecule has 11 heavy (non-hydrogen) atoms. The quantitative estimate of drug-likeness (QED) is 0.607.